The van der Waals surface area contributed by atoms with Crippen molar-refractivity contribution in [1.82, 2.24) is 16.0 Å². The quantitative estimate of drug-likeness (QED) is 0.501. The molecule has 5 nitrogen and oxygen atoms in total. The minimum atomic E-state index is -2.71. The van der Waals surface area contributed by atoms with E-state index < -0.39 is 46.6 Å². The maximum Gasteiger partial charge on any atom is 0.315 e. The molecule has 1 aromatic carbocycles. The fourth-order valence-electron chi connectivity index (χ4n) is 3.63. The van der Waals surface area contributed by atoms with Crippen LogP contribution in [0.3, 0.4) is 0 Å². The van der Waals surface area contributed by atoms with Gasteiger partial charge in [0, 0.05) is 24.9 Å². The smallest absolute Gasteiger partial charge is 0.315 e. The molecule has 0 unspecified atom stereocenters. The monoisotopic (exact) mass is 421 g/mol. The molecule has 1 saturated heterocycles. The van der Waals surface area contributed by atoms with Gasteiger partial charge in [-0.1, -0.05) is 17.7 Å². The first-order valence-corrected chi connectivity index (χ1v) is 9.40. The van der Waals surface area contributed by atoms with Gasteiger partial charge in [0.2, 0.25) is 11.8 Å². The van der Waals surface area contributed by atoms with E-state index in [0.29, 0.717) is 0 Å². The fraction of sp³-hybridized carbons (Fsp3) is 0.556. The van der Waals surface area contributed by atoms with Crippen LogP contribution in [0.25, 0.3) is 0 Å². The maximum absolute atomic E-state index is 14.6. The normalized spacial score (nSPS) is 23.0. The molecule has 2 atom stereocenters. The summed E-state index contributed by atoms with van der Waals surface area (Å²) in [6.45, 7) is 0.0691. The van der Waals surface area contributed by atoms with E-state index in [4.69, 9.17) is 11.6 Å². The van der Waals surface area contributed by atoms with E-state index in [1.54, 1.807) is 0 Å². The molecule has 10 heteroatoms. The Morgan fingerprint density at radius 2 is 1.96 bits per heavy atom. The first-order chi connectivity index (χ1) is 13.2. The highest BCUT2D eigenvalue weighted by Gasteiger charge is 2.37. The molecule has 3 rings (SSSR count). The van der Waals surface area contributed by atoms with Crippen molar-refractivity contribution in [3.05, 3.63) is 34.4 Å². The van der Waals surface area contributed by atoms with Crippen molar-refractivity contribution in [3.8, 4) is 0 Å². The number of nitrogens with one attached hydrogen (secondary N) is 3. The molecule has 2 aliphatic rings. The Labute approximate surface area is 164 Å². The predicted octanol–water partition coefficient (Wildman–Crippen LogP) is 3.67. The molecule has 1 heterocycles. The number of carbonyl (C=O) groups is 2. The van der Waals surface area contributed by atoms with Gasteiger partial charge in [0.25, 0.3) is 0 Å². The van der Waals surface area contributed by atoms with Crippen LogP contribution in [-0.2, 0) is 4.79 Å². The third-order valence-corrected chi connectivity index (χ3v) is 5.60. The van der Waals surface area contributed by atoms with Crippen molar-refractivity contribution in [1.29, 1.82) is 0 Å². The molecule has 1 aliphatic carbocycles. The van der Waals surface area contributed by atoms with Gasteiger partial charge in [-0.25, -0.2) is 22.4 Å². The van der Waals surface area contributed by atoms with E-state index in [9.17, 15) is 27.2 Å². The minimum Gasteiger partial charge on any atom is -0.347 e. The Balaban J connectivity index is 1.79. The first kappa shape index (κ1) is 20.7. The molecule has 0 spiro atoms. The third-order valence-electron chi connectivity index (χ3n) is 5.25. The molecule has 1 aromatic rings. The second-order valence-electron chi connectivity index (χ2n) is 7.27. The highest BCUT2D eigenvalue weighted by atomic mass is 35.5. The number of alkyl halides is 2. The van der Waals surface area contributed by atoms with E-state index >= 15 is 0 Å². The number of rotatable bonds is 5. The lowest BCUT2D eigenvalue weighted by Crippen LogP contribution is -2.45. The highest BCUT2D eigenvalue weighted by molar-refractivity contribution is 6.31. The van der Waals surface area contributed by atoms with Gasteiger partial charge in [0.05, 0.1) is 6.04 Å². The Hall–Kier alpha value is -2.03. The molecular formula is C18H20ClF4N3O2. The summed E-state index contributed by atoms with van der Waals surface area (Å²) < 4.78 is 54.9. The van der Waals surface area contributed by atoms with Crippen molar-refractivity contribution in [2.24, 2.45) is 5.92 Å². The SMILES string of the molecule is O=C1NC[C@H](C(=O)N[C@@H](CC2CCC(F)(F)CC2)c2ccc(F)c(Cl)c2F)N1. The zero-order valence-electron chi connectivity index (χ0n) is 14.8. The summed E-state index contributed by atoms with van der Waals surface area (Å²) in [7, 11) is 0. The van der Waals surface area contributed by atoms with Crippen molar-refractivity contribution in [2.75, 3.05) is 6.54 Å². The van der Waals surface area contributed by atoms with Crippen molar-refractivity contribution in [2.45, 2.75) is 50.1 Å². The highest BCUT2D eigenvalue weighted by Crippen LogP contribution is 2.40. The van der Waals surface area contributed by atoms with Gasteiger partial charge in [0.1, 0.15) is 22.7 Å². The lowest BCUT2D eigenvalue weighted by molar-refractivity contribution is -0.123. The van der Waals surface area contributed by atoms with Crippen LogP contribution >= 0.6 is 11.6 Å². The number of halogens is 5. The average Bonchev–Trinajstić information content (AvgIpc) is 3.07. The number of urea groups is 1. The van der Waals surface area contributed by atoms with Gasteiger partial charge in [-0.3, -0.25) is 4.79 Å². The van der Waals surface area contributed by atoms with E-state index in [0.717, 1.165) is 6.07 Å². The van der Waals surface area contributed by atoms with Crippen molar-refractivity contribution in [3.63, 3.8) is 0 Å². The van der Waals surface area contributed by atoms with E-state index in [1.165, 1.54) is 6.07 Å². The van der Waals surface area contributed by atoms with Crippen LogP contribution in [0.2, 0.25) is 5.02 Å². The lowest BCUT2D eigenvalue weighted by Gasteiger charge is -2.31. The summed E-state index contributed by atoms with van der Waals surface area (Å²) in [5, 5.41) is 6.82. The fourth-order valence-corrected chi connectivity index (χ4v) is 3.80. The molecule has 0 aromatic heterocycles. The summed E-state index contributed by atoms with van der Waals surface area (Å²) in [6, 6.07) is -0.0511. The number of hydrogen-bond acceptors (Lipinski definition) is 2. The standard InChI is InChI=1S/C18H20ClF4N3O2/c19-14-11(20)2-1-10(15(14)21)12(7-9-3-5-18(22,23)6-4-9)25-16(27)13-8-24-17(28)26-13/h1-2,9,12-13H,3-8H2,(H,25,27)(H2,24,26,28)/t12-,13+/m0/s1. The van der Waals surface area contributed by atoms with E-state index in [2.05, 4.69) is 16.0 Å². The van der Waals surface area contributed by atoms with Gasteiger partial charge in [-0.2, -0.15) is 0 Å². The van der Waals surface area contributed by atoms with Crippen LogP contribution in [0, 0.1) is 17.6 Å². The summed E-state index contributed by atoms with van der Waals surface area (Å²) in [6.07, 6.45) is 0.130. The minimum absolute atomic E-state index is 0.0191. The molecular weight excluding hydrogens is 402 g/mol. The molecule has 28 heavy (non-hydrogen) atoms. The second kappa shape index (κ2) is 8.14. The Morgan fingerprint density at radius 3 is 2.57 bits per heavy atom. The summed E-state index contributed by atoms with van der Waals surface area (Å²) in [5.41, 5.74) is -0.0191. The molecule has 1 aliphatic heterocycles. The second-order valence-corrected chi connectivity index (χ2v) is 7.65. The third kappa shape index (κ3) is 4.68. The van der Waals surface area contributed by atoms with Gasteiger partial charge < -0.3 is 16.0 Å². The number of hydrogen-bond donors (Lipinski definition) is 3. The first-order valence-electron chi connectivity index (χ1n) is 9.02. The molecule has 154 valence electrons. The molecule has 3 amide bonds. The molecule has 0 radical (unpaired) electrons. The van der Waals surface area contributed by atoms with E-state index in [-0.39, 0.29) is 50.1 Å². The molecule has 1 saturated carbocycles. The van der Waals surface area contributed by atoms with Crippen LogP contribution < -0.4 is 16.0 Å². The topological polar surface area (TPSA) is 70.2 Å². The van der Waals surface area contributed by atoms with Crippen LogP contribution in [0.4, 0.5) is 22.4 Å². The zero-order chi connectivity index (χ0) is 20.5. The number of benzene rings is 1. The summed E-state index contributed by atoms with van der Waals surface area (Å²) in [4.78, 5) is 23.7. The van der Waals surface area contributed by atoms with E-state index in [1.807, 2.05) is 0 Å². The lowest BCUT2D eigenvalue weighted by atomic mass is 9.81. The van der Waals surface area contributed by atoms with Crippen LogP contribution in [-0.4, -0.2) is 30.4 Å². The molecule has 3 N–H and O–H groups in total. The summed E-state index contributed by atoms with van der Waals surface area (Å²) in [5.74, 6) is -5.35. The van der Waals surface area contributed by atoms with Gasteiger partial charge in [-0.05, 0) is 31.2 Å². The average molecular weight is 422 g/mol. The summed E-state index contributed by atoms with van der Waals surface area (Å²) >= 11 is 5.66. The van der Waals surface area contributed by atoms with Crippen LogP contribution in [0.1, 0.15) is 43.7 Å². The Morgan fingerprint density at radius 1 is 1.29 bits per heavy atom. The Kier molecular flexibility index (Phi) is 6.02. The predicted molar refractivity (Wildman–Crippen MR) is 94.1 cm³/mol. The van der Waals surface area contributed by atoms with Crippen LogP contribution in [0.15, 0.2) is 12.1 Å². The largest absolute Gasteiger partial charge is 0.347 e. The van der Waals surface area contributed by atoms with Gasteiger partial charge in [0.15, 0.2) is 0 Å². The van der Waals surface area contributed by atoms with Gasteiger partial charge in [-0.15, -0.1) is 0 Å². The van der Waals surface area contributed by atoms with Crippen molar-refractivity contribution >= 4 is 23.5 Å². The number of carbonyl (C=O) groups excluding carboxylic acids is 2. The maximum atomic E-state index is 14.6. The molecule has 0 bridgehead atoms. The Bertz CT molecular complexity index is 767. The number of amides is 3. The zero-order valence-corrected chi connectivity index (χ0v) is 15.6. The van der Waals surface area contributed by atoms with Crippen LogP contribution in [0.5, 0.6) is 0 Å². The van der Waals surface area contributed by atoms with Crippen molar-refractivity contribution < 1.29 is 27.2 Å². The molecule has 2 fully saturated rings. The van der Waals surface area contributed by atoms with Gasteiger partial charge >= 0.3 is 6.03 Å².